The highest BCUT2D eigenvalue weighted by Crippen LogP contribution is 2.30. The second kappa shape index (κ2) is 13.1. The van der Waals surface area contributed by atoms with E-state index >= 15 is 0 Å². The van der Waals surface area contributed by atoms with Gasteiger partial charge in [0, 0.05) is 16.2 Å². The quantitative estimate of drug-likeness (QED) is 0.399. The molecule has 1 unspecified atom stereocenters. The maximum Gasteiger partial charge on any atom is 0.413 e. The first-order valence-electron chi connectivity index (χ1n) is 10.4. The van der Waals surface area contributed by atoms with E-state index in [1.54, 1.807) is 36.4 Å². The summed E-state index contributed by atoms with van der Waals surface area (Å²) >= 11 is 0. The Morgan fingerprint density at radius 3 is 2.12 bits per heavy atom. The van der Waals surface area contributed by atoms with Gasteiger partial charge in [0.2, 0.25) is 11.9 Å². The summed E-state index contributed by atoms with van der Waals surface area (Å²) in [5.74, 6) is -0.191. The van der Waals surface area contributed by atoms with Crippen LogP contribution >= 0.6 is 0 Å². The number of anilines is 1. The van der Waals surface area contributed by atoms with Crippen molar-refractivity contribution in [2.24, 2.45) is 10.9 Å². The Hall–Kier alpha value is -3.73. The Labute approximate surface area is 200 Å². The van der Waals surface area contributed by atoms with Crippen LogP contribution in [0.5, 0.6) is 0 Å². The van der Waals surface area contributed by atoms with Gasteiger partial charge >= 0.3 is 12.2 Å². The largest absolute Gasteiger partial charge is 0.453 e. The van der Waals surface area contributed by atoms with E-state index in [-0.39, 0.29) is 17.6 Å². The molecule has 0 bridgehead atoms. The Bertz CT molecular complexity index is 1050. The molecule has 3 N–H and O–H groups in total. The minimum atomic E-state index is -1.53. The third-order valence-electron chi connectivity index (χ3n) is 4.41. The first kappa shape index (κ1) is 26.5. The standard InChI is InChI=1S/C23H28N4O6S/c1-15(2)10-13-20(28)24-18-12-11-17(34(31)16-8-6-5-7-9-16)14-19(18)25-21(26-22(29)32-3)27-23(30)33-4/h5-9,11-12,14-15H,10,13H2,1-4H3,(H,24,28)(H2,25,26,27,29,30). The maximum absolute atomic E-state index is 13.0. The Morgan fingerprint density at radius 2 is 1.56 bits per heavy atom. The topological polar surface area (TPSA) is 135 Å². The maximum atomic E-state index is 13.0. The number of nitrogens with zero attached hydrogens (tertiary/aromatic N) is 1. The summed E-state index contributed by atoms with van der Waals surface area (Å²) in [6.07, 6.45) is -0.783. The van der Waals surface area contributed by atoms with Crippen LogP contribution in [0.15, 0.2) is 63.3 Å². The van der Waals surface area contributed by atoms with Gasteiger partial charge in [0.25, 0.3) is 0 Å². The van der Waals surface area contributed by atoms with E-state index in [9.17, 15) is 18.6 Å². The fraction of sp³-hybridized carbons (Fsp3) is 0.304. The van der Waals surface area contributed by atoms with Crippen molar-refractivity contribution in [1.82, 2.24) is 10.6 Å². The third kappa shape index (κ3) is 8.32. The number of carbonyl (C=O) groups is 3. The van der Waals surface area contributed by atoms with Gasteiger partial charge in [0.1, 0.15) is 0 Å². The molecule has 0 aliphatic carbocycles. The van der Waals surface area contributed by atoms with E-state index in [1.807, 2.05) is 19.9 Å². The Morgan fingerprint density at radius 1 is 0.941 bits per heavy atom. The van der Waals surface area contributed by atoms with Crippen molar-refractivity contribution in [2.45, 2.75) is 36.5 Å². The van der Waals surface area contributed by atoms with Gasteiger partial charge in [-0.2, -0.15) is 0 Å². The van der Waals surface area contributed by atoms with E-state index in [0.717, 1.165) is 14.2 Å². The van der Waals surface area contributed by atoms with E-state index < -0.39 is 23.0 Å². The first-order valence-corrected chi connectivity index (χ1v) is 11.6. The van der Waals surface area contributed by atoms with Gasteiger partial charge in [0.15, 0.2) is 0 Å². The fourth-order valence-corrected chi connectivity index (χ4v) is 3.73. The molecule has 0 radical (unpaired) electrons. The Balaban J connectivity index is 2.49. The van der Waals surface area contributed by atoms with Crippen molar-refractivity contribution < 1.29 is 28.1 Å². The number of alkyl carbamates (subject to hydrolysis) is 2. The molecule has 3 amide bonds. The van der Waals surface area contributed by atoms with Gasteiger partial charge in [0.05, 0.1) is 36.4 Å². The zero-order chi connectivity index (χ0) is 25.1. The zero-order valence-corrected chi connectivity index (χ0v) is 20.2. The Kier molecular flexibility index (Phi) is 10.2. The molecular formula is C23H28N4O6S. The van der Waals surface area contributed by atoms with Crippen LogP contribution in [-0.2, 0) is 25.1 Å². The van der Waals surface area contributed by atoms with Crippen LogP contribution in [0.25, 0.3) is 0 Å². The van der Waals surface area contributed by atoms with Crippen molar-refractivity contribution in [3.05, 3.63) is 48.5 Å². The number of ether oxygens (including phenoxy) is 2. The van der Waals surface area contributed by atoms with Crippen LogP contribution in [0, 0.1) is 5.92 Å². The third-order valence-corrected chi connectivity index (χ3v) is 5.79. The lowest BCUT2D eigenvalue weighted by molar-refractivity contribution is -0.116. The summed E-state index contributed by atoms with van der Waals surface area (Å²) < 4.78 is 22.2. The van der Waals surface area contributed by atoms with Gasteiger partial charge in [-0.25, -0.2) is 18.8 Å². The second-order valence-electron chi connectivity index (χ2n) is 7.44. The molecule has 0 spiro atoms. The molecule has 0 aliphatic heterocycles. The van der Waals surface area contributed by atoms with Crippen LogP contribution in [0.1, 0.15) is 26.7 Å². The number of benzene rings is 2. The predicted molar refractivity (Wildman–Crippen MR) is 128 cm³/mol. The van der Waals surface area contributed by atoms with E-state index in [0.29, 0.717) is 34.2 Å². The van der Waals surface area contributed by atoms with Crippen molar-refractivity contribution in [3.8, 4) is 0 Å². The lowest BCUT2D eigenvalue weighted by atomic mass is 10.1. The average Bonchev–Trinajstić information content (AvgIpc) is 2.83. The summed E-state index contributed by atoms with van der Waals surface area (Å²) in [5, 5.41) is 7.32. The lowest BCUT2D eigenvalue weighted by Crippen LogP contribution is -2.43. The van der Waals surface area contributed by atoms with Crippen LogP contribution in [-0.4, -0.2) is 42.5 Å². The van der Waals surface area contributed by atoms with E-state index in [1.165, 1.54) is 6.07 Å². The molecule has 2 aromatic rings. The fourth-order valence-electron chi connectivity index (χ4n) is 2.64. The summed E-state index contributed by atoms with van der Waals surface area (Å²) in [7, 11) is 0.763. The SMILES string of the molecule is COC(=O)NC(=Nc1cc(S(=O)c2ccccc2)ccc1NC(=O)CCC(C)C)NC(=O)OC. The minimum absolute atomic E-state index is 0.155. The molecule has 0 aliphatic rings. The highest BCUT2D eigenvalue weighted by Gasteiger charge is 2.16. The van der Waals surface area contributed by atoms with Crippen LogP contribution < -0.4 is 16.0 Å². The highest BCUT2D eigenvalue weighted by molar-refractivity contribution is 7.85. The molecule has 1 atom stereocenters. The number of hydrogen-bond donors (Lipinski definition) is 3. The van der Waals surface area contributed by atoms with Crippen molar-refractivity contribution >= 4 is 46.2 Å². The number of amides is 3. The van der Waals surface area contributed by atoms with Gasteiger partial charge in [-0.15, -0.1) is 0 Å². The van der Waals surface area contributed by atoms with Crippen molar-refractivity contribution in [2.75, 3.05) is 19.5 Å². The summed E-state index contributed by atoms with van der Waals surface area (Å²) in [6, 6.07) is 13.5. The lowest BCUT2D eigenvalue weighted by Gasteiger charge is -2.13. The molecule has 182 valence electrons. The van der Waals surface area contributed by atoms with Crippen molar-refractivity contribution in [1.29, 1.82) is 0 Å². The molecule has 2 aromatic carbocycles. The number of methoxy groups -OCH3 is 2. The van der Waals surface area contributed by atoms with Crippen molar-refractivity contribution in [3.63, 3.8) is 0 Å². The minimum Gasteiger partial charge on any atom is -0.453 e. The second-order valence-corrected chi connectivity index (χ2v) is 8.92. The van der Waals surface area contributed by atoms with Crippen LogP contribution in [0.3, 0.4) is 0 Å². The molecule has 0 heterocycles. The highest BCUT2D eigenvalue weighted by atomic mass is 32.2. The van der Waals surface area contributed by atoms with Gasteiger partial charge in [-0.1, -0.05) is 32.0 Å². The summed E-state index contributed by atoms with van der Waals surface area (Å²) in [5.41, 5.74) is 0.459. The molecule has 0 saturated heterocycles. The van der Waals surface area contributed by atoms with Crippen LogP contribution in [0.2, 0.25) is 0 Å². The monoisotopic (exact) mass is 488 g/mol. The van der Waals surface area contributed by atoms with Gasteiger partial charge < -0.3 is 14.8 Å². The average molecular weight is 489 g/mol. The molecular weight excluding hydrogens is 460 g/mol. The molecule has 11 heteroatoms. The normalized spacial score (nSPS) is 11.2. The number of rotatable bonds is 7. The summed E-state index contributed by atoms with van der Waals surface area (Å²) in [4.78, 5) is 41.1. The molecule has 2 rings (SSSR count). The molecule has 0 aromatic heterocycles. The van der Waals surface area contributed by atoms with Gasteiger partial charge in [-0.3, -0.25) is 15.4 Å². The molecule has 0 saturated carbocycles. The smallest absolute Gasteiger partial charge is 0.413 e. The first-order chi connectivity index (χ1) is 16.2. The number of carbonyl (C=O) groups excluding carboxylic acids is 3. The van der Waals surface area contributed by atoms with E-state index in [2.05, 4.69) is 30.4 Å². The number of hydrogen-bond acceptors (Lipinski definition) is 7. The molecule has 34 heavy (non-hydrogen) atoms. The predicted octanol–water partition coefficient (Wildman–Crippen LogP) is 3.93. The molecule has 0 fully saturated rings. The number of aliphatic imine (C=N–C) groups is 1. The number of nitrogens with one attached hydrogen (secondary N) is 3. The van der Waals surface area contributed by atoms with Crippen LogP contribution in [0.4, 0.5) is 21.0 Å². The summed E-state index contributed by atoms with van der Waals surface area (Å²) in [6.45, 7) is 4.03. The zero-order valence-electron chi connectivity index (χ0n) is 19.4. The van der Waals surface area contributed by atoms with Gasteiger partial charge in [-0.05, 0) is 42.7 Å². The van der Waals surface area contributed by atoms with E-state index in [4.69, 9.17) is 0 Å². The molecule has 10 nitrogen and oxygen atoms in total. The number of guanidine groups is 1.